The summed E-state index contributed by atoms with van der Waals surface area (Å²) in [4.78, 5) is 0. The third kappa shape index (κ3) is 5.63. The molecule has 0 amide bonds. The van der Waals surface area contributed by atoms with Crippen LogP contribution in [-0.2, 0) is 0 Å². The molecule has 0 aliphatic heterocycles. The molecular weight excluding hydrogens is 252 g/mol. The average Bonchev–Trinajstić information content (AvgIpc) is 2.27. The van der Waals surface area contributed by atoms with E-state index in [0.717, 1.165) is 12.1 Å². The van der Waals surface area contributed by atoms with Crippen LogP contribution < -0.4 is 5.32 Å². The van der Waals surface area contributed by atoms with E-state index in [1.807, 2.05) is 13.8 Å². The van der Waals surface area contributed by atoms with Gasteiger partial charge in [-0.1, -0.05) is 19.9 Å². The minimum Gasteiger partial charge on any atom is -0.392 e. The van der Waals surface area contributed by atoms with Crippen molar-refractivity contribution in [3.05, 3.63) is 35.4 Å². The Morgan fingerprint density at radius 3 is 2.42 bits per heavy atom. The Morgan fingerprint density at radius 2 is 1.84 bits per heavy atom. The van der Waals surface area contributed by atoms with Crippen LogP contribution >= 0.6 is 0 Å². The van der Waals surface area contributed by atoms with Crippen LogP contribution in [0, 0.1) is 17.6 Å². The Morgan fingerprint density at radius 1 is 1.16 bits per heavy atom. The first-order valence-corrected chi connectivity index (χ1v) is 6.42. The zero-order valence-corrected chi connectivity index (χ0v) is 11.2. The van der Waals surface area contributed by atoms with Crippen LogP contribution in [-0.4, -0.2) is 29.4 Å². The van der Waals surface area contributed by atoms with Crippen molar-refractivity contribution in [1.29, 1.82) is 0 Å². The standard InChI is InChI=1S/C14H21F2NO2/c1-9(2)5-11(18)7-17-8-14(19)12-4-3-10(15)6-13(12)16/h3-4,6,9,11,14,17-19H,5,7-8H2,1-2H3. The minimum atomic E-state index is -1.06. The second-order valence-corrected chi connectivity index (χ2v) is 5.12. The number of aliphatic hydroxyl groups is 2. The summed E-state index contributed by atoms with van der Waals surface area (Å²) in [5, 5.41) is 22.3. The molecule has 0 aromatic heterocycles. The lowest BCUT2D eigenvalue weighted by molar-refractivity contribution is 0.130. The van der Waals surface area contributed by atoms with Gasteiger partial charge in [0.15, 0.2) is 0 Å². The lowest BCUT2D eigenvalue weighted by Crippen LogP contribution is -2.31. The Bertz CT molecular complexity index is 399. The van der Waals surface area contributed by atoms with E-state index in [1.165, 1.54) is 6.07 Å². The van der Waals surface area contributed by atoms with Gasteiger partial charge < -0.3 is 15.5 Å². The molecule has 2 unspecified atom stereocenters. The molecular formula is C14H21F2NO2. The molecule has 0 radical (unpaired) electrons. The van der Waals surface area contributed by atoms with E-state index < -0.39 is 23.8 Å². The quantitative estimate of drug-likeness (QED) is 0.712. The fourth-order valence-corrected chi connectivity index (χ4v) is 1.90. The lowest BCUT2D eigenvalue weighted by atomic mass is 10.1. The highest BCUT2D eigenvalue weighted by Gasteiger charge is 2.14. The number of aliphatic hydroxyl groups excluding tert-OH is 2. The van der Waals surface area contributed by atoms with Gasteiger partial charge in [-0.05, 0) is 18.4 Å². The highest BCUT2D eigenvalue weighted by atomic mass is 19.1. The lowest BCUT2D eigenvalue weighted by Gasteiger charge is -2.16. The first kappa shape index (κ1) is 16.0. The Labute approximate surface area is 112 Å². The Hall–Kier alpha value is -1.04. The molecule has 1 aromatic carbocycles. The van der Waals surface area contributed by atoms with Gasteiger partial charge in [0.2, 0.25) is 0 Å². The molecule has 0 saturated heterocycles. The molecule has 0 heterocycles. The van der Waals surface area contributed by atoms with Crippen molar-refractivity contribution in [1.82, 2.24) is 5.32 Å². The van der Waals surface area contributed by atoms with E-state index in [1.54, 1.807) is 0 Å². The minimum absolute atomic E-state index is 0.0484. The molecule has 108 valence electrons. The molecule has 5 heteroatoms. The van der Waals surface area contributed by atoms with Crippen LogP contribution in [0.25, 0.3) is 0 Å². The molecule has 0 aliphatic rings. The predicted molar refractivity (Wildman–Crippen MR) is 69.6 cm³/mol. The summed E-state index contributed by atoms with van der Waals surface area (Å²) in [5.74, 6) is -1.05. The second kappa shape index (κ2) is 7.53. The van der Waals surface area contributed by atoms with Crippen molar-refractivity contribution in [2.45, 2.75) is 32.5 Å². The number of hydrogen-bond donors (Lipinski definition) is 3. The van der Waals surface area contributed by atoms with Gasteiger partial charge in [0, 0.05) is 24.7 Å². The third-order valence-electron chi connectivity index (χ3n) is 2.78. The molecule has 1 rings (SSSR count). The zero-order valence-electron chi connectivity index (χ0n) is 11.2. The molecule has 1 aromatic rings. The smallest absolute Gasteiger partial charge is 0.131 e. The molecule has 2 atom stereocenters. The van der Waals surface area contributed by atoms with Gasteiger partial charge in [-0.2, -0.15) is 0 Å². The highest BCUT2D eigenvalue weighted by molar-refractivity contribution is 5.21. The average molecular weight is 273 g/mol. The molecule has 0 fully saturated rings. The summed E-state index contributed by atoms with van der Waals surface area (Å²) in [7, 11) is 0. The normalized spacial score (nSPS) is 14.7. The van der Waals surface area contributed by atoms with Crippen LogP contribution in [0.3, 0.4) is 0 Å². The fourth-order valence-electron chi connectivity index (χ4n) is 1.90. The monoisotopic (exact) mass is 273 g/mol. The summed E-state index contributed by atoms with van der Waals surface area (Å²) in [6, 6.07) is 3.07. The first-order valence-electron chi connectivity index (χ1n) is 6.42. The van der Waals surface area contributed by atoms with Gasteiger partial charge in [0.25, 0.3) is 0 Å². The number of rotatable bonds is 7. The SMILES string of the molecule is CC(C)CC(O)CNCC(O)c1ccc(F)cc1F. The second-order valence-electron chi connectivity index (χ2n) is 5.12. The largest absolute Gasteiger partial charge is 0.392 e. The molecule has 0 saturated carbocycles. The summed E-state index contributed by atoms with van der Waals surface area (Å²) < 4.78 is 26.1. The maximum Gasteiger partial charge on any atom is 0.131 e. The summed E-state index contributed by atoms with van der Waals surface area (Å²) in [5.41, 5.74) is 0.0484. The summed E-state index contributed by atoms with van der Waals surface area (Å²) in [6.45, 7) is 4.45. The van der Waals surface area contributed by atoms with Gasteiger partial charge in [-0.3, -0.25) is 0 Å². The Balaban J connectivity index is 2.41. The molecule has 3 N–H and O–H groups in total. The highest BCUT2D eigenvalue weighted by Crippen LogP contribution is 2.17. The van der Waals surface area contributed by atoms with Crippen molar-refractivity contribution in [2.24, 2.45) is 5.92 Å². The predicted octanol–water partition coefficient (Wildman–Crippen LogP) is 1.99. The summed E-state index contributed by atoms with van der Waals surface area (Å²) in [6.07, 6.45) is -0.898. The van der Waals surface area contributed by atoms with Crippen molar-refractivity contribution in [3.8, 4) is 0 Å². The van der Waals surface area contributed by atoms with E-state index in [2.05, 4.69) is 5.32 Å². The maximum atomic E-state index is 13.4. The molecule has 3 nitrogen and oxygen atoms in total. The van der Waals surface area contributed by atoms with E-state index in [9.17, 15) is 19.0 Å². The van der Waals surface area contributed by atoms with E-state index in [0.29, 0.717) is 18.9 Å². The maximum absolute atomic E-state index is 13.4. The van der Waals surface area contributed by atoms with Gasteiger partial charge >= 0.3 is 0 Å². The van der Waals surface area contributed by atoms with Crippen LogP contribution in [0.1, 0.15) is 31.9 Å². The topological polar surface area (TPSA) is 52.5 Å². The Kier molecular flexibility index (Phi) is 6.34. The summed E-state index contributed by atoms with van der Waals surface area (Å²) >= 11 is 0. The number of hydrogen-bond acceptors (Lipinski definition) is 3. The molecule has 0 spiro atoms. The van der Waals surface area contributed by atoms with E-state index >= 15 is 0 Å². The van der Waals surface area contributed by atoms with Crippen LogP contribution in [0.4, 0.5) is 8.78 Å². The first-order chi connectivity index (χ1) is 8.90. The molecule has 19 heavy (non-hydrogen) atoms. The number of halogens is 2. The fraction of sp³-hybridized carbons (Fsp3) is 0.571. The van der Waals surface area contributed by atoms with Gasteiger partial charge in [0.05, 0.1) is 12.2 Å². The number of nitrogens with one attached hydrogen (secondary N) is 1. The van der Waals surface area contributed by atoms with Gasteiger partial charge in [-0.25, -0.2) is 8.78 Å². The van der Waals surface area contributed by atoms with Gasteiger partial charge in [0.1, 0.15) is 11.6 Å². The van der Waals surface area contributed by atoms with Crippen LogP contribution in [0.2, 0.25) is 0 Å². The zero-order chi connectivity index (χ0) is 14.4. The molecule has 0 aliphatic carbocycles. The van der Waals surface area contributed by atoms with Crippen LogP contribution in [0.5, 0.6) is 0 Å². The van der Waals surface area contributed by atoms with E-state index in [4.69, 9.17) is 0 Å². The van der Waals surface area contributed by atoms with Crippen LogP contribution in [0.15, 0.2) is 18.2 Å². The third-order valence-corrected chi connectivity index (χ3v) is 2.78. The van der Waals surface area contributed by atoms with Crippen molar-refractivity contribution < 1.29 is 19.0 Å². The molecule has 0 bridgehead atoms. The van der Waals surface area contributed by atoms with Crippen molar-refractivity contribution in [3.63, 3.8) is 0 Å². The van der Waals surface area contributed by atoms with E-state index in [-0.39, 0.29) is 12.1 Å². The number of benzene rings is 1. The van der Waals surface area contributed by atoms with Crippen molar-refractivity contribution in [2.75, 3.05) is 13.1 Å². The van der Waals surface area contributed by atoms with Crippen molar-refractivity contribution >= 4 is 0 Å². The van der Waals surface area contributed by atoms with Gasteiger partial charge in [-0.15, -0.1) is 0 Å².